The van der Waals surface area contributed by atoms with Gasteiger partial charge >= 0.3 is 0 Å². The SMILES string of the molecule is Fc1cccnc1OC1COC2(CCN(Cc3nccs3)CC2)C1. The molecule has 2 aliphatic heterocycles. The Kier molecular flexibility index (Phi) is 4.47. The van der Waals surface area contributed by atoms with Crippen LogP contribution in [0.25, 0.3) is 0 Å². The van der Waals surface area contributed by atoms with Gasteiger partial charge in [0.2, 0.25) is 0 Å². The van der Waals surface area contributed by atoms with Crippen molar-refractivity contribution in [2.75, 3.05) is 19.7 Å². The molecular weight excluding hydrogens is 329 g/mol. The average Bonchev–Trinajstić information content (AvgIpc) is 3.23. The highest BCUT2D eigenvalue weighted by Gasteiger charge is 2.43. The summed E-state index contributed by atoms with van der Waals surface area (Å²) in [7, 11) is 0. The molecule has 0 radical (unpaired) electrons. The number of thiazole rings is 1. The van der Waals surface area contributed by atoms with Crippen molar-refractivity contribution >= 4 is 11.3 Å². The molecular formula is C17H20FN3O2S. The molecule has 24 heavy (non-hydrogen) atoms. The number of ether oxygens (including phenoxy) is 2. The number of aromatic nitrogens is 2. The number of pyridine rings is 1. The van der Waals surface area contributed by atoms with Gasteiger partial charge in [-0.15, -0.1) is 11.3 Å². The van der Waals surface area contributed by atoms with E-state index in [1.165, 1.54) is 6.07 Å². The van der Waals surface area contributed by atoms with Crippen LogP contribution in [0.3, 0.4) is 0 Å². The predicted octanol–water partition coefficient (Wildman–Crippen LogP) is 2.88. The van der Waals surface area contributed by atoms with Gasteiger partial charge in [-0.1, -0.05) is 0 Å². The summed E-state index contributed by atoms with van der Waals surface area (Å²) < 4.78 is 25.5. The Morgan fingerprint density at radius 1 is 1.33 bits per heavy atom. The summed E-state index contributed by atoms with van der Waals surface area (Å²) in [6, 6.07) is 2.93. The number of hydrogen-bond acceptors (Lipinski definition) is 6. The second-order valence-electron chi connectivity index (χ2n) is 6.43. The number of likely N-dealkylation sites (tertiary alicyclic amines) is 1. The number of halogens is 1. The van der Waals surface area contributed by atoms with Crippen LogP contribution >= 0.6 is 11.3 Å². The summed E-state index contributed by atoms with van der Waals surface area (Å²) in [5.74, 6) is -0.346. The van der Waals surface area contributed by atoms with Crippen LogP contribution in [0.1, 0.15) is 24.3 Å². The van der Waals surface area contributed by atoms with Crippen molar-refractivity contribution in [1.29, 1.82) is 0 Å². The van der Waals surface area contributed by atoms with Gasteiger partial charge in [-0.05, 0) is 25.0 Å². The van der Waals surface area contributed by atoms with Crippen molar-refractivity contribution in [1.82, 2.24) is 14.9 Å². The van der Waals surface area contributed by atoms with E-state index in [2.05, 4.69) is 14.9 Å². The van der Waals surface area contributed by atoms with Crippen LogP contribution in [0.4, 0.5) is 4.39 Å². The molecule has 0 bridgehead atoms. The van der Waals surface area contributed by atoms with Gasteiger partial charge in [-0.2, -0.15) is 0 Å². The minimum atomic E-state index is -0.420. The molecule has 0 saturated carbocycles. The summed E-state index contributed by atoms with van der Waals surface area (Å²) in [5, 5.41) is 3.17. The van der Waals surface area contributed by atoms with Crippen molar-refractivity contribution in [2.45, 2.75) is 37.5 Å². The lowest BCUT2D eigenvalue weighted by atomic mass is 9.88. The molecule has 1 unspecified atom stereocenters. The Labute approximate surface area is 144 Å². The van der Waals surface area contributed by atoms with Gasteiger partial charge in [0.1, 0.15) is 11.1 Å². The minimum absolute atomic E-state index is 0.0735. The standard InChI is InChI=1S/C17H20FN3O2S/c18-14-2-1-5-20-16(14)23-13-10-17(22-12-13)3-7-21(8-4-17)11-15-19-6-9-24-15/h1-2,5-6,9,13H,3-4,7-8,10-12H2. The predicted molar refractivity (Wildman–Crippen MR) is 88.5 cm³/mol. The summed E-state index contributed by atoms with van der Waals surface area (Å²) in [6.07, 6.45) is 6.02. The second-order valence-corrected chi connectivity index (χ2v) is 7.41. The third-order valence-corrected chi connectivity index (χ3v) is 5.55. The van der Waals surface area contributed by atoms with E-state index in [0.717, 1.165) is 43.9 Å². The first kappa shape index (κ1) is 15.9. The van der Waals surface area contributed by atoms with Crippen LogP contribution in [0, 0.1) is 5.82 Å². The monoisotopic (exact) mass is 349 g/mol. The van der Waals surface area contributed by atoms with Crippen LogP contribution in [0.15, 0.2) is 29.9 Å². The molecule has 2 fully saturated rings. The first-order valence-corrected chi connectivity index (χ1v) is 9.12. The highest BCUT2D eigenvalue weighted by molar-refractivity contribution is 7.09. The molecule has 2 aliphatic rings. The maximum Gasteiger partial charge on any atom is 0.250 e. The highest BCUT2D eigenvalue weighted by Crippen LogP contribution is 2.37. The van der Waals surface area contributed by atoms with Crippen LogP contribution in [0.5, 0.6) is 5.88 Å². The molecule has 4 heterocycles. The van der Waals surface area contributed by atoms with E-state index < -0.39 is 5.82 Å². The fraction of sp³-hybridized carbons (Fsp3) is 0.529. The number of rotatable bonds is 4. The molecule has 0 N–H and O–H groups in total. The first-order chi connectivity index (χ1) is 11.7. The van der Waals surface area contributed by atoms with Gasteiger partial charge in [0.05, 0.1) is 18.8 Å². The third kappa shape index (κ3) is 3.43. The van der Waals surface area contributed by atoms with E-state index in [0.29, 0.717) is 6.61 Å². The molecule has 1 spiro atoms. The van der Waals surface area contributed by atoms with Crippen molar-refractivity contribution < 1.29 is 13.9 Å². The molecule has 128 valence electrons. The van der Waals surface area contributed by atoms with Gasteiger partial charge in [-0.3, -0.25) is 4.90 Å². The van der Waals surface area contributed by atoms with Crippen molar-refractivity contribution in [3.05, 3.63) is 40.7 Å². The number of hydrogen-bond donors (Lipinski definition) is 0. The van der Waals surface area contributed by atoms with Gasteiger partial charge < -0.3 is 9.47 Å². The molecule has 0 amide bonds. The summed E-state index contributed by atoms with van der Waals surface area (Å²) in [6.45, 7) is 3.39. The zero-order valence-corrected chi connectivity index (χ0v) is 14.2. The van der Waals surface area contributed by atoms with E-state index in [1.807, 2.05) is 11.6 Å². The smallest absolute Gasteiger partial charge is 0.250 e. The second kappa shape index (κ2) is 6.74. The third-order valence-electron chi connectivity index (χ3n) is 4.79. The van der Waals surface area contributed by atoms with Crippen LogP contribution < -0.4 is 4.74 Å². The van der Waals surface area contributed by atoms with Crippen LogP contribution in [0.2, 0.25) is 0 Å². The quantitative estimate of drug-likeness (QED) is 0.849. The maximum absolute atomic E-state index is 13.7. The number of piperidine rings is 1. The minimum Gasteiger partial charge on any atom is -0.470 e. The van der Waals surface area contributed by atoms with E-state index >= 15 is 0 Å². The van der Waals surface area contributed by atoms with Crippen LogP contribution in [-0.2, 0) is 11.3 Å². The Balaban J connectivity index is 1.31. The lowest BCUT2D eigenvalue weighted by Crippen LogP contribution is -2.44. The van der Waals surface area contributed by atoms with Crippen molar-refractivity contribution in [2.24, 2.45) is 0 Å². The summed E-state index contributed by atoms with van der Waals surface area (Å²) in [4.78, 5) is 10.7. The molecule has 2 aromatic rings. The van der Waals surface area contributed by atoms with Gasteiger partial charge in [0, 0.05) is 37.3 Å². The maximum atomic E-state index is 13.7. The van der Waals surface area contributed by atoms with E-state index in [4.69, 9.17) is 9.47 Å². The zero-order chi connectivity index (χ0) is 16.4. The Bertz CT molecular complexity index is 674. The van der Waals surface area contributed by atoms with Gasteiger partial charge in [0.15, 0.2) is 5.82 Å². The number of nitrogens with zero attached hydrogens (tertiary/aromatic N) is 3. The molecule has 2 aromatic heterocycles. The summed E-state index contributed by atoms with van der Waals surface area (Å²) >= 11 is 1.70. The molecule has 0 aliphatic carbocycles. The highest BCUT2D eigenvalue weighted by atomic mass is 32.1. The lowest BCUT2D eigenvalue weighted by Gasteiger charge is -2.38. The molecule has 0 aromatic carbocycles. The zero-order valence-electron chi connectivity index (χ0n) is 13.4. The molecule has 4 rings (SSSR count). The van der Waals surface area contributed by atoms with E-state index in [-0.39, 0.29) is 17.6 Å². The first-order valence-electron chi connectivity index (χ1n) is 8.24. The average molecular weight is 349 g/mol. The van der Waals surface area contributed by atoms with E-state index in [9.17, 15) is 4.39 Å². The van der Waals surface area contributed by atoms with Crippen molar-refractivity contribution in [3.63, 3.8) is 0 Å². The van der Waals surface area contributed by atoms with Crippen molar-refractivity contribution in [3.8, 4) is 5.88 Å². The Morgan fingerprint density at radius 3 is 2.96 bits per heavy atom. The van der Waals surface area contributed by atoms with Gasteiger partial charge in [-0.25, -0.2) is 14.4 Å². The fourth-order valence-corrected chi connectivity index (χ4v) is 4.14. The van der Waals surface area contributed by atoms with Crippen LogP contribution in [-0.4, -0.2) is 46.3 Å². The topological polar surface area (TPSA) is 47.5 Å². The molecule has 7 heteroatoms. The summed E-state index contributed by atoms with van der Waals surface area (Å²) in [5.41, 5.74) is -0.130. The molecule has 1 atom stereocenters. The molecule has 5 nitrogen and oxygen atoms in total. The van der Waals surface area contributed by atoms with E-state index in [1.54, 1.807) is 23.6 Å². The normalized spacial score (nSPS) is 23.6. The Hall–Kier alpha value is -1.57. The molecule has 2 saturated heterocycles. The largest absolute Gasteiger partial charge is 0.470 e. The lowest BCUT2D eigenvalue weighted by molar-refractivity contribution is -0.0455. The Morgan fingerprint density at radius 2 is 2.21 bits per heavy atom. The van der Waals surface area contributed by atoms with Gasteiger partial charge in [0.25, 0.3) is 5.88 Å². The fourth-order valence-electron chi connectivity index (χ4n) is 3.48.